The molecule has 136 valence electrons. The third kappa shape index (κ3) is 4.81. The number of carboxylic acids is 1. The molecule has 0 spiro atoms. The molecule has 6 nitrogen and oxygen atoms in total. The second-order valence-corrected chi connectivity index (χ2v) is 6.71. The minimum atomic E-state index is -1.01. The van der Waals surface area contributed by atoms with Gasteiger partial charge < -0.3 is 15.7 Å². The zero-order chi connectivity index (χ0) is 18.5. The first-order valence-electron chi connectivity index (χ1n) is 8.82. The molecule has 3 N–H and O–H groups in total. The zero-order valence-corrected chi connectivity index (χ0v) is 14.4. The van der Waals surface area contributed by atoms with Crippen LogP contribution in [0.4, 0.5) is 0 Å². The van der Waals surface area contributed by atoms with Gasteiger partial charge in [-0.2, -0.15) is 0 Å². The molecule has 1 fully saturated rings. The van der Waals surface area contributed by atoms with Crippen molar-refractivity contribution in [1.82, 2.24) is 10.6 Å². The molecule has 0 saturated heterocycles. The van der Waals surface area contributed by atoms with Crippen LogP contribution in [0.25, 0.3) is 10.8 Å². The van der Waals surface area contributed by atoms with Crippen molar-refractivity contribution >= 4 is 28.6 Å². The lowest BCUT2D eigenvalue weighted by atomic mass is 10.1. The molecular formula is C20H22N2O4. The number of aliphatic carboxylic acids is 1. The van der Waals surface area contributed by atoms with Gasteiger partial charge in [-0.3, -0.25) is 9.59 Å². The van der Waals surface area contributed by atoms with E-state index in [-0.39, 0.29) is 24.8 Å². The summed E-state index contributed by atoms with van der Waals surface area (Å²) in [7, 11) is 0. The molecule has 0 aliphatic heterocycles. The Kier molecular flexibility index (Phi) is 5.51. The topological polar surface area (TPSA) is 95.5 Å². The van der Waals surface area contributed by atoms with E-state index < -0.39 is 12.0 Å². The Balaban J connectivity index is 1.47. The van der Waals surface area contributed by atoms with Crippen LogP contribution >= 0.6 is 0 Å². The van der Waals surface area contributed by atoms with E-state index in [1.807, 2.05) is 30.3 Å². The molecule has 3 rings (SSSR count). The predicted octanol–water partition coefficient (Wildman–Crippen LogP) is 2.33. The number of rotatable bonds is 8. The van der Waals surface area contributed by atoms with Crippen LogP contribution in [0.3, 0.4) is 0 Å². The number of carbonyl (C=O) groups is 3. The first kappa shape index (κ1) is 17.9. The van der Waals surface area contributed by atoms with Crippen molar-refractivity contribution in [1.29, 1.82) is 0 Å². The fourth-order valence-corrected chi connectivity index (χ4v) is 2.90. The lowest BCUT2D eigenvalue weighted by molar-refractivity contribution is -0.142. The first-order chi connectivity index (χ1) is 12.5. The Morgan fingerprint density at radius 1 is 1.08 bits per heavy atom. The van der Waals surface area contributed by atoms with E-state index in [0.29, 0.717) is 17.9 Å². The maximum atomic E-state index is 12.2. The number of fused-ring (bicyclic) bond motifs is 1. The second-order valence-electron chi connectivity index (χ2n) is 6.71. The van der Waals surface area contributed by atoms with E-state index in [1.54, 1.807) is 12.1 Å². The Hall–Kier alpha value is -2.89. The maximum absolute atomic E-state index is 12.2. The van der Waals surface area contributed by atoms with E-state index in [0.717, 1.165) is 23.6 Å². The van der Waals surface area contributed by atoms with Crippen LogP contribution in [0.1, 0.15) is 36.0 Å². The Morgan fingerprint density at radius 2 is 1.81 bits per heavy atom. The van der Waals surface area contributed by atoms with Crippen LogP contribution in [0.5, 0.6) is 0 Å². The average Bonchev–Trinajstić information content (AvgIpc) is 3.44. The van der Waals surface area contributed by atoms with Gasteiger partial charge in [-0.05, 0) is 35.2 Å². The molecule has 2 aromatic carbocycles. The summed E-state index contributed by atoms with van der Waals surface area (Å²) in [6, 6.07) is 12.4. The van der Waals surface area contributed by atoms with Gasteiger partial charge in [-0.15, -0.1) is 0 Å². The molecular weight excluding hydrogens is 332 g/mol. The van der Waals surface area contributed by atoms with Gasteiger partial charge in [-0.25, -0.2) is 4.79 Å². The zero-order valence-electron chi connectivity index (χ0n) is 14.4. The molecule has 2 amide bonds. The second kappa shape index (κ2) is 7.99. The number of hydrogen-bond donors (Lipinski definition) is 3. The summed E-state index contributed by atoms with van der Waals surface area (Å²) in [5, 5.41) is 16.4. The number of nitrogens with one attached hydrogen (secondary N) is 2. The molecule has 6 heteroatoms. The summed E-state index contributed by atoms with van der Waals surface area (Å²) in [5.41, 5.74) is 0.529. The predicted molar refractivity (Wildman–Crippen MR) is 97.8 cm³/mol. The monoisotopic (exact) mass is 354 g/mol. The molecule has 0 bridgehead atoms. The number of hydrogen-bond acceptors (Lipinski definition) is 3. The lowest BCUT2D eigenvalue weighted by Crippen LogP contribution is -2.42. The normalized spacial score (nSPS) is 14.6. The van der Waals surface area contributed by atoms with Gasteiger partial charge in [-0.1, -0.05) is 43.2 Å². The summed E-state index contributed by atoms with van der Waals surface area (Å²) in [6.45, 7) is 0.160. The Labute approximate surface area is 151 Å². The fourth-order valence-electron chi connectivity index (χ4n) is 2.90. The van der Waals surface area contributed by atoms with E-state index in [9.17, 15) is 14.4 Å². The molecule has 1 atom stereocenters. The Bertz CT molecular complexity index is 829. The van der Waals surface area contributed by atoms with Crippen molar-refractivity contribution in [2.45, 2.75) is 31.7 Å². The molecule has 26 heavy (non-hydrogen) atoms. The summed E-state index contributed by atoms with van der Waals surface area (Å²) in [4.78, 5) is 35.3. The minimum Gasteiger partial charge on any atom is -0.480 e. The summed E-state index contributed by atoms with van der Waals surface area (Å²) >= 11 is 0. The van der Waals surface area contributed by atoms with Gasteiger partial charge in [0.25, 0.3) is 5.91 Å². The smallest absolute Gasteiger partial charge is 0.326 e. The first-order valence-corrected chi connectivity index (χ1v) is 8.82. The number of carbonyl (C=O) groups excluding carboxylic acids is 2. The molecule has 0 heterocycles. The SMILES string of the molecule is O=C(CCNC(=O)c1ccc2ccccc2c1)NC(CC1CC1)C(=O)O. The highest BCUT2D eigenvalue weighted by Crippen LogP contribution is 2.33. The van der Waals surface area contributed by atoms with Gasteiger partial charge in [0, 0.05) is 18.5 Å². The van der Waals surface area contributed by atoms with Gasteiger partial charge in [0.1, 0.15) is 6.04 Å². The van der Waals surface area contributed by atoms with E-state index in [1.165, 1.54) is 0 Å². The quantitative estimate of drug-likeness (QED) is 0.678. The lowest BCUT2D eigenvalue weighted by Gasteiger charge is -2.14. The Morgan fingerprint density at radius 3 is 2.50 bits per heavy atom. The minimum absolute atomic E-state index is 0.0494. The third-order valence-electron chi connectivity index (χ3n) is 4.55. The van der Waals surface area contributed by atoms with Crippen LogP contribution < -0.4 is 10.6 Å². The molecule has 0 aromatic heterocycles. The molecule has 1 aliphatic rings. The third-order valence-corrected chi connectivity index (χ3v) is 4.55. The molecule has 1 saturated carbocycles. The largest absolute Gasteiger partial charge is 0.480 e. The van der Waals surface area contributed by atoms with Gasteiger partial charge in [0.15, 0.2) is 0 Å². The van der Waals surface area contributed by atoms with Gasteiger partial charge >= 0.3 is 5.97 Å². The fraction of sp³-hybridized carbons (Fsp3) is 0.350. The van der Waals surface area contributed by atoms with Crippen LogP contribution in [0.2, 0.25) is 0 Å². The van der Waals surface area contributed by atoms with Crippen molar-refractivity contribution in [3.05, 3.63) is 48.0 Å². The van der Waals surface area contributed by atoms with Crippen LogP contribution in [-0.2, 0) is 9.59 Å². The molecule has 1 aliphatic carbocycles. The van der Waals surface area contributed by atoms with Crippen molar-refractivity contribution in [3.8, 4) is 0 Å². The van der Waals surface area contributed by atoms with Crippen LogP contribution in [0, 0.1) is 5.92 Å². The molecule has 0 radical (unpaired) electrons. The summed E-state index contributed by atoms with van der Waals surface area (Å²) in [5.74, 6) is -1.22. The van der Waals surface area contributed by atoms with Crippen LogP contribution in [-0.4, -0.2) is 35.5 Å². The number of benzene rings is 2. The highest BCUT2D eigenvalue weighted by molar-refractivity contribution is 5.98. The molecule has 1 unspecified atom stereocenters. The standard InChI is InChI=1S/C20H22N2O4/c23-18(22-17(20(25)26)11-13-5-6-13)9-10-21-19(24)16-8-7-14-3-1-2-4-15(14)12-16/h1-4,7-8,12-13,17H,5-6,9-11H2,(H,21,24)(H,22,23)(H,25,26). The van der Waals surface area contributed by atoms with E-state index in [2.05, 4.69) is 10.6 Å². The highest BCUT2D eigenvalue weighted by Gasteiger charge is 2.30. The summed E-state index contributed by atoms with van der Waals surface area (Å²) < 4.78 is 0. The van der Waals surface area contributed by atoms with Crippen molar-refractivity contribution in [2.75, 3.05) is 6.54 Å². The van der Waals surface area contributed by atoms with E-state index >= 15 is 0 Å². The van der Waals surface area contributed by atoms with Gasteiger partial charge in [0.2, 0.25) is 5.91 Å². The van der Waals surface area contributed by atoms with Crippen molar-refractivity contribution in [3.63, 3.8) is 0 Å². The summed E-state index contributed by atoms with van der Waals surface area (Å²) in [6.07, 6.45) is 2.58. The number of amides is 2. The van der Waals surface area contributed by atoms with Crippen molar-refractivity contribution in [2.24, 2.45) is 5.92 Å². The van der Waals surface area contributed by atoms with Crippen LogP contribution in [0.15, 0.2) is 42.5 Å². The average molecular weight is 354 g/mol. The van der Waals surface area contributed by atoms with E-state index in [4.69, 9.17) is 5.11 Å². The molecule has 2 aromatic rings. The maximum Gasteiger partial charge on any atom is 0.326 e. The van der Waals surface area contributed by atoms with Gasteiger partial charge in [0.05, 0.1) is 0 Å². The number of carboxylic acid groups (broad SMARTS) is 1. The van der Waals surface area contributed by atoms with Crippen molar-refractivity contribution < 1.29 is 19.5 Å². The highest BCUT2D eigenvalue weighted by atomic mass is 16.4.